The Kier molecular flexibility index (Phi) is 9.27. The van der Waals surface area contributed by atoms with E-state index in [9.17, 15) is 15.0 Å². The van der Waals surface area contributed by atoms with Crippen LogP contribution in [0.25, 0.3) is 0 Å². The van der Waals surface area contributed by atoms with Crippen molar-refractivity contribution >= 4 is 17.9 Å². The minimum absolute atomic E-state index is 0.00960. The first-order valence-electron chi connectivity index (χ1n) is 6.26. The normalized spacial score (nSPS) is 16.6. The number of carbonyl (C=O) groups is 1. The van der Waals surface area contributed by atoms with Gasteiger partial charge in [-0.1, -0.05) is 0 Å². The number of halogens is 1. The average molecular weight is 512 g/mol. The molecule has 3 atom stereocenters. The van der Waals surface area contributed by atoms with E-state index >= 15 is 0 Å². The van der Waals surface area contributed by atoms with Crippen LogP contribution in [0.5, 0.6) is 0 Å². The second-order valence-corrected chi connectivity index (χ2v) is 16.4. The van der Waals surface area contributed by atoms with E-state index in [1.807, 2.05) is 6.92 Å². The van der Waals surface area contributed by atoms with Crippen LogP contribution in [0.15, 0.2) is 0 Å². The molecule has 2 N–H and O–H groups in total. The number of rotatable bonds is 7. The Balaban J connectivity index is 4.23. The fourth-order valence-electron chi connectivity index (χ4n) is 1.50. The van der Waals surface area contributed by atoms with Crippen LogP contribution >= 0.6 is 11.9 Å². The van der Waals surface area contributed by atoms with Gasteiger partial charge in [-0.15, -0.1) is 0 Å². The molecule has 4 nitrogen and oxygen atoms in total. The van der Waals surface area contributed by atoms with Crippen molar-refractivity contribution in [1.82, 2.24) is 0 Å². The Morgan fingerprint density at radius 1 is 1.44 bits per heavy atom. The number of aliphatic hydroxyl groups excluding tert-OH is 2. The zero-order chi connectivity index (χ0) is 14.3. The third kappa shape index (κ3) is 6.82. The van der Waals surface area contributed by atoms with Crippen molar-refractivity contribution in [3.8, 4) is 0 Å². The minimum atomic E-state index is -1.05. The summed E-state index contributed by atoms with van der Waals surface area (Å²) in [5, 5.41) is 19.3. The van der Waals surface area contributed by atoms with Gasteiger partial charge in [-0.25, -0.2) is 0 Å². The Morgan fingerprint density at radius 2 is 2.00 bits per heavy atom. The van der Waals surface area contributed by atoms with Crippen LogP contribution in [-0.4, -0.2) is 35.5 Å². The van der Waals surface area contributed by atoms with Crippen LogP contribution in [0, 0.1) is 17.3 Å². The van der Waals surface area contributed by atoms with E-state index in [1.54, 1.807) is 20.8 Å². The summed E-state index contributed by atoms with van der Waals surface area (Å²) < 4.78 is 6.10. The zero-order valence-corrected chi connectivity index (χ0v) is 18.7. The van der Waals surface area contributed by atoms with Crippen LogP contribution in [0.1, 0.15) is 27.7 Å². The maximum absolute atomic E-state index is 11.6. The van der Waals surface area contributed by atoms with Crippen molar-refractivity contribution in [2.24, 2.45) is 17.3 Å². The molecule has 18 heavy (non-hydrogen) atoms. The first kappa shape index (κ1) is 18.8. The molecule has 0 aromatic carbocycles. The molecular weight excluding hydrogens is 489 g/mol. The monoisotopic (exact) mass is 512 g/mol. The number of ether oxygens (including phenoxy) is 1. The summed E-state index contributed by atoms with van der Waals surface area (Å²) in [6, 6.07) is 0. The van der Waals surface area contributed by atoms with Crippen LogP contribution in [-0.2, 0) is 31.7 Å². The van der Waals surface area contributed by atoms with Gasteiger partial charge in [-0.05, 0) is 0 Å². The van der Waals surface area contributed by atoms with Gasteiger partial charge >= 0.3 is 128 Å². The standard InChI is InChI=1S/C12H23O4.BrH.Hg/c1-8(6-13)10(14)9(2)7-16-11(15)12(3,4)5;;/h8-10,13-14H,1,6-7H2,2-5H3;1H;/q;;+1/p-1/t8-,9+,10-;;/m1../s1. The molecule has 6 heteroatoms. The Hall–Kier alpha value is 0.805. The number of aliphatic hydroxyl groups is 2. The fourth-order valence-corrected chi connectivity index (χ4v) is 9.78. The van der Waals surface area contributed by atoms with Crippen molar-refractivity contribution in [2.45, 2.75) is 37.7 Å². The third-order valence-electron chi connectivity index (χ3n) is 2.87. The fraction of sp³-hybridized carbons (Fsp3) is 0.917. The summed E-state index contributed by atoms with van der Waals surface area (Å²) in [7, 11) is 0. The van der Waals surface area contributed by atoms with Crippen molar-refractivity contribution in [3.63, 3.8) is 0 Å². The first-order chi connectivity index (χ1) is 8.23. The van der Waals surface area contributed by atoms with E-state index in [0.29, 0.717) is 0 Å². The number of esters is 1. The third-order valence-corrected chi connectivity index (χ3v) is 10.6. The predicted octanol–water partition coefficient (Wildman–Crippen LogP) is 1.99. The molecule has 0 radical (unpaired) electrons. The van der Waals surface area contributed by atoms with E-state index in [-0.39, 0.29) is 31.0 Å². The van der Waals surface area contributed by atoms with Gasteiger partial charge in [0.25, 0.3) is 0 Å². The van der Waals surface area contributed by atoms with Gasteiger partial charge < -0.3 is 0 Å². The van der Waals surface area contributed by atoms with E-state index < -0.39 is 33.7 Å². The molecule has 0 aromatic rings. The summed E-state index contributed by atoms with van der Waals surface area (Å²) in [6.45, 7) is 7.43. The molecule has 104 valence electrons. The molecule has 0 aliphatic carbocycles. The molecule has 0 aliphatic heterocycles. The molecule has 0 saturated carbocycles. The Morgan fingerprint density at radius 3 is 2.39 bits per heavy atom. The van der Waals surface area contributed by atoms with Crippen molar-refractivity contribution in [1.29, 1.82) is 0 Å². The van der Waals surface area contributed by atoms with E-state index in [1.165, 1.54) is 0 Å². The van der Waals surface area contributed by atoms with Crippen LogP contribution in [0.4, 0.5) is 0 Å². The van der Waals surface area contributed by atoms with Gasteiger partial charge in [0.1, 0.15) is 0 Å². The molecule has 0 aliphatic rings. The molecule has 0 rings (SSSR count). The van der Waals surface area contributed by atoms with Gasteiger partial charge in [0.15, 0.2) is 0 Å². The summed E-state index contributed by atoms with van der Waals surface area (Å²) >= 11 is 2.46. The maximum atomic E-state index is 11.6. The van der Waals surface area contributed by atoms with Gasteiger partial charge in [0.05, 0.1) is 0 Å². The van der Waals surface area contributed by atoms with Gasteiger partial charge in [-0.2, -0.15) is 0 Å². The number of carbonyl (C=O) groups excluding carboxylic acids is 1. The van der Waals surface area contributed by atoms with Crippen LogP contribution in [0.3, 0.4) is 0 Å². The molecule has 0 amide bonds. The van der Waals surface area contributed by atoms with Crippen LogP contribution in [0.2, 0.25) is 3.93 Å². The first-order valence-corrected chi connectivity index (χ1v) is 22.1. The van der Waals surface area contributed by atoms with E-state index in [0.717, 1.165) is 3.93 Å². The molecule has 0 fully saturated rings. The molecule has 0 heterocycles. The summed E-state index contributed by atoms with van der Waals surface area (Å²) in [6.07, 6.45) is -0.611. The molecule has 0 aromatic heterocycles. The molecule has 0 unspecified atom stereocenters. The SMILES string of the molecule is C[C@@H](COC(=O)C(C)(C)C)[C@H](O)[C@@H](CO)[CH2][Hg][Br]. The quantitative estimate of drug-likeness (QED) is 0.405. The van der Waals surface area contributed by atoms with Gasteiger partial charge in [0, 0.05) is 0 Å². The van der Waals surface area contributed by atoms with Crippen LogP contribution < -0.4 is 0 Å². The van der Waals surface area contributed by atoms with Crippen molar-refractivity contribution in [3.05, 3.63) is 0 Å². The summed E-state index contributed by atoms with van der Waals surface area (Å²) in [5.41, 5.74) is -0.520. The topological polar surface area (TPSA) is 66.8 Å². The predicted molar refractivity (Wildman–Crippen MR) is 69.9 cm³/mol. The Labute approximate surface area is 127 Å². The van der Waals surface area contributed by atoms with Crippen molar-refractivity contribution < 1.29 is 41.9 Å². The van der Waals surface area contributed by atoms with Crippen molar-refractivity contribution in [2.75, 3.05) is 13.2 Å². The number of hydrogen-bond donors (Lipinski definition) is 2. The zero-order valence-electron chi connectivity index (χ0n) is 11.6. The second kappa shape index (κ2) is 8.87. The molecule has 0 bridgehead atoms. The molecule has 0 spiro atoms. The van der Waals surface area contributed by atoms with Gasteiger partial charge in [0.2, 0.25) is 0 Å². The van der Waals surface area contributed by atoms with E-state index in [4.69, 9.17) is 4.74 Å². The Bertz CT molecular complexity index is 255. The number of hydrogen-bond acceptors (Lipinski definition) is 4. The molecular formula is C12H23BrHgO4. The summed E-state index contributed by atoms with van der Waals surface area (Å²) in [4.78, 5) is 11.6. The summed E-state index contributed by atoms with van der Waals surface area (Å²) in [5.74, 6) is -0.502. The second-order valence-electron chi connectivity index (χ2n) is 5.74. The molecule has 0 saturated heterocycles. The van der Waals surface area contributed by atoms with E-state index in [2.05, 4.69) is 11.9 Å². The average Bonchev–Trinajstić information content (AvgIpc) is 2.30. The van der Waals surface area contributed by atoms with Gasteiger partial charge in [-0.3, -0.25) is 0 Å².